The van der Waals surface area contributed by atoms with Gasteiger partial charge in [-0.1, -0.05) is 0 Å². The molecule has 0 saturated heterocycles. The lowest BCUT2D eigenvalue weighted by atomic mass is 9.93. The van der Waals surface area contributed by atoms with Crippen molar-refractivity contribution in [1.82, 2.24) is 10.2 Å². The van der Waals surface area contributed by atoms with Crippen molar-refractivity contribution in [2.45, 2.75) is 31.5 Å². The molecule has 2 amide bonds. The monoisotopic (exact) mass is 210 g/mol. The second kappa shape index (κ2) is 4.06. The largest absolute Gasteiger partial charge is 0.406 e. The van der Waals surface area contributed by atoms with Gasteiger partial charge < -0.3 is 10.2 Å². The van der Waals surface area contributed by atoms with Gasteiger partial charge in [0.25, 0.3) is 0 Å². The van der Waals surface area contributed by atoms with Crippen molar-refractivity contribution >= 4 is 6.03 Å². The number of alkyl halides is 3. The summed E-state index contributed by atoms with van der Waals surface area (Å²) in [6, 6.07) is -0.579. The molecule has 0 aromatic heterocycles. The number of carbonyl (C=O) groups excluding carboxylic acids is 1. The van der Waals surface area contributed by atoms with E-state index in [9.17, 15) is 18.0 Å². The molecular formula is C8H13F3N2O. The van der Waals surface area contributed by atoms with Gasteiger partial charge in [-0.3, -0.25) is 0 Å². The van der Waals surface area contributed by atoms with Gasteiger partial charge in [-0.25, -0.2) is 4.79 Å². The fourth-order valence-electron chi connectivity index (χ4n) is 1.18. The number of urea groups is 1. The first kappa shape index (κ1) is 11.1. The molecule has 1 N–H and O–H groups in total. The number of halogens is 3. The smallest absolute Gasteiger partial charge is 0.335 e. The van der Waals surface area contributed by atoms with E-state index in [4.69, 9.17) is 0 Å². The van der Waals surface area contributed by atoms with Crippen molar-refractivity contribution in [3.05, 3.63) is 0 Å². The topological polar surface area (TPSA) is 32.3 Å². The summed E-state index contributed by atoms with van der Waals surface area (Å²) in [5.41, 5.74) is 0. The Morgan fingerprint density at radius 1 is 1.50 bits per heavy atom. The zero-order valence-electron chi connectivity index (χ0n) is 7.90. The molecule has 0 aromatic carbocycles. The number of hydrogen-bond donors (Lipinski definition) is 1. The van der Waals surface area contributed by atoms with Crippen LogP contribution in [0.4, 0.5) is 18.0 Å². The zero-order valence-corrected chi connectivity index (χ0v) is 7.90. The molecule has 6 heteroatoms. The Balaban J connectivity index is 2.28. The average molecular weight is 210 g/mol. The molecule has 1 rings (SSSR count). The Bertz CT molecular complexity index is 213. The molecule has 0 bridgehead atoms. The maximum Gasteiger partial charge on any atom is 0.406 e. The van der Waals surface area contributed by atoms with Gasteiger partial charge in [0.15, 0.2) is 0 Å². The van der Waals surface area contributed by atoms with Crippen LogP contribution in [0.25, 0.3) is 0 Å². The molecule has 0 heterocycles. The van der Waals surface area contributed by atoms with E-state index < -0.39 is 18.8 Å². The molecule has 0 aromatic rings. The summed E-state index contributed by atoms with van der Waals surface area (Å²) in [6.07, 6.45) is -1.56. The predicted octanol–water partition coefficient (Wildman–Crippen LogP) is 1.74. The van der Waals surface area contributed by atoms with E-state index in [0.29, 0.717) is 4.90 Å². The Kier molecular flexibility index (Phi) is 3.23. The highest BCUT2D eigenvalue weighted by atomic mass is 19.4. The normalized spacial score (nSPS) is 17.4. The van der Waals surface area contributed by atoms with E-state index in [0.717, 1.165) is 26.3 Å². The Morgan fingerprint density at radius 3 is 2.43 bits per heavy atom. The number of nitrogens with one attached hydrogen (secondary N) is 1. The van der Waals surface area contributed by atoms with Gasteiger partial charge in [0.05, 0.1) is 0 Å². The van der Waals surface area contributed by atoms with Crippen molar-refractivity contribution in [1.29, 1.82) is 0 Å². The highest BCUT2D eigenvalue weighted by Gasteiger charge is 2.32. The summed E-state index contributed by atoms with van der Waals surface area (Å²) in [4.78, 5) is 11.8. The number of carbonyl (C=O) groups is 1. The minimum absolute atomic E-state index is 0.0678. The summed E-state index contributed by atoms with van der Waals surface area (Å²) in [6.45, 7) is -1.20. The molecule has 0 unspecified atom stereocenters. The van der Waals surface area contributed by atoms with Crippen LogP contribution in [0.1, 0.15) is 19.3 Å². The molecule has 1 fully saturated rings. The maximum absolute atomic E-state index is 11.9. The lowest BCUT2D eigenvalue weighted by Gasteiger charge is -2.29. The van der Waals surface area contributed by atoms with Crippen LogP contribution in [0.3, 0.4) is 0 Å². The third-order valence-corrected chi connectivity index (χ3v) is 2.20. The lowest BCUT2D eigenvalue weighted by molar-refractivity contribution is -0.137. The summed E-state index contributed by atoms with van der Waals surface area (Å²) >= 11 is 0. The van der Waals surface area contributed by atoms with Crippen molar-refractivity contribution in [3.8, 4) is 0 Å². The molecule has 3 nitrogen and oxygen atoms in total. The van der Waals surface area contributed by atoms with Gasteiger partial charge >= 0.3 is 12.2 Å². The average Bonchev–Trinajstić information content (AvgIpc) is 1.92. The van der Waals surface area contributed by atoms with Crippen molar-refractivity contribution in [2.75, 3.05) is 13.6 Å². The first-order valence-electron chi connectivity index (χ1n) is 4.47. The second-order valence-corrected chi connectivity index (χ2v) is 3.55. The molecule has 1 aliphatic carbocycles. The van der Waals surface area contributed by atoms with Crippen LogP contribution in [0, 0.1) is 0 Å². The van der Waals surface area contributed by atoms with Crippen LogP contribution in [0.2, 0.25) is 0 Å². The van der Waals surface area contributed by atoms with Crippen LogP contribution in [-0.2, 0) is 0 Å². The van der Waals surface area contributed by atoms with Crippen molar-refractivity contribution < 1.29 is 18.0 Å². The van der Waals surface area contributed by atoms with Crippen LogP contribution >= 0.6 is 0 Å². The second-order valence-electron chi connectivity index (χ2n) is 3.55. The highest BCUT2D eigenvalue weighted by Crippen LogP contribution is 2.19. The number of rotatable bonds is 2. The maximum atomic E-state index is 11.9. The third-order valence-electron chi connectivity index (χ3n) is 2.20. The molecule has 0 aliphatic heterocycles. The standard InChI is InChI=1S/C8H13F3N2O/c1-13(5-8(9,10)11)7(14)12-6-3-2-4-6/h6H,2-5H2,1H3,(H,12,14). The Morgan fingerprint density at radius 2 is 2.07 bits per heavy atom. The van der Waals surface area contributed by atoms with E-state index in [2.05, 4.69) is 5.32 Å². The summed E-state index contributed by atoms with van der Waals surface area (Å²) in [5, 5.41) is 2.53. The molecule has 0 spiro atoms. The zero-order chi connectivity index (χ0) is 10.8. The van der Waals surface area contributed by atoms with E-state index in [-0.39, 0.29) is 6.04 Å². The van der Waals surface area contributed by atoms with Gasteiger partial charge in [-0.2, -0.15) is 13.2 Å². The van der Waals surface area contributed by atoms with E-state index in [1.165, 1.54) is 0 Å². The number of hydrogen-bond acceptors (Lipinski definition) is 1. The SMILES string of the molecule is CN(CC(F)(F)F)C(=O)NC1CCC1. The minimum atomic E-state index is -4.33. The first-order valence-corrected chi connectivity index (χ1v) is 4.47. The van der Waals surface area contributed by atoms with E-state index >= 15 is 0 Å². The van der Waals surface area contributed by atoms with Crippen LogP contribution in [0.5, 0.6) is 0 Å². The van der Waals surface area contributed by atoms with Crippen LogP contribution in [-0.4, -0.2) is 36.7 Å². The number of nitrogens with zero attached hydrogens (tertiary/aromatic N) is 1. The van der Waals surface area contributed by atoms with Gasteiger partial charge in [0, 0.05) is 13.1 Å². The molecule has 82 valence electrons. The Hall–Kier alpha value is -0.940. The minimum Gasteiger partial charge on any atom is -0.335 e. The van der Waals surface area contributed by atoms with Crippen molar-refractivity contribution in [3.63, 3.8) is 0 Å². The predicted molar refractivity (Wildman–Crippen MR) is 44.9 cm³/mol. The molecule has 0 radical (unpaired) electrons. The Labute approximate surface area is 80.3 Å². The van der Waals surface area contributed by atoms with Gasteiger partial charge in [0.2, 0.25) is 0 Å². The fourth-order valence-corrected chi connectivity index (χ4v) is 1.18. The van der Waals surface area contributed by atoms with Gasteiger partial charge in [-0.15, -0.1) is 0 Å². The first-order chi connectivity index (χ1) is 6.38. The van der Waals surface area contributed by atoms with Gasteiger partial charge in [-0.05, 0) is 19.3 Å². The van der Waals surface area contributed by atoms with Gasteiger partial charge in [0.1, 0.15) is 6.54 Å². The quantitative estimate of drug-likeness (QED) is 0.739. The number of amides is 2. The third kappa shape index (κ3) is 3.43. The fraction of sp³-hybridized carbons (Fsp3) is 0.875. The summed E-state index contributed by atoms with van der Waals surface area (Å²) in [5.74, 6) is 0. The molecule has 14 heavy (non-hydrogen) atoms. The highest BCUT2D eigenvalue weighted by molar-refractivity contribution is 5.74. The molecule has 1 saturated carbocycles. The van der Waals surface area contributed by atoms with Crippen molar-refractivity contribution in [2.24, 2.45) is 0 Å². The lowest BCUT2D eigenvalue weighted by Crippen LogP contribution is -2.48. The van der Waals surface area contributed by atoms with Crippen LogP contribution < -0.4 is 5.32 Å². The van der Waals surface area contributed by atoms with E-state index in [1.54, 1.807) is 0 Å². The molecular weight excluding hydrogens is 197 g/mol. The molecule has 1 aliphatic rings. The van der Waals surface area contributed by atoms with Crippen LogP contribution in [0.15, 0.2) is 0 Å². The summed E-state index contributed by atoms with van der Waals surface area (Å²) < 4.78 is 35.6. The molecule has 0 atom stereocenters. The van der Waals surface area contributed by atoms with E-state index in [1.807, 2.05) is 0 Å². The summed E-state index contributed by atoms with van der Waals surface area (Å²) in [7, 11) is 1.14.